The minimum Gasteiger partial charge on any atom is -0.334 e. The molecule has 0 bridgehead atoms. The predicted octanol–water partition coefficient (Wildman–Crippen LogP) is 18.5. The number of hydrogen-bond donors (Lipinski definition) is 0. The van der Waals surface area contributed by atoms with Crippen molar-refractivity contribution in [2.75, 3.05) is 0 Å². The average Bonchev–Trinajstić information content (AvgIpc) is 2.62. The van der Waals surface area contributed by atoms with Gasteiger partial charge in [0.05, 0.1) is 22.3 Å². The summed E-state index contributed by atoms with van der Waals surface area (Å²) in [6, 6.07) is 43.1. The van der Waals surface area contributed by atoms with Gasteiger partial charge >= 0.3 is 18.5 Å². The topological polar surface area (TPSA) is 156 Å². The molecule has 0 aliphatic heterocycles. The number of nitrogens with zero attached hydrogens (tertiary/aromatic N) is 8. The summed E-state index contributed by atoms with van der Waals surface area (Å²) in [5.74, 6) is 1.20. The van der Waals surface area contributed by atoms with E-state index in [-0.39, 0.29) is 40.1 Å². The Kier molecular flexibility index (Phi) is 14.4. The first-order valence-corrected chi connectivity index (χ1v) is 26.2. The van der Waals surface area contributed by atoms with Crippen LogP contribution in [0.15, 0.2) is 176 Å². The molecule has 12 rings (SSSR count). The van der Waals surface area contributed by atoms with E-state index in [0.29, 0.717) is 63.0 Å². The second kappa shape index (κ2) is 21.4. The van der Waals surface area contributed by atoms with E-state index < -0.39 is 46.6 Å². The SMILES string of the molecule is CC(C)(C)c1ccc(-c2nc(-c3ccc4cc(-c5noc(-c6ccc(C(C)(C)C)cc6)n5)ccc4c3)no2)cc1.Cc1ccc(-c2nc(-c3ccc4cc(-c5nc(-c6cc(C(F)(F)F)cc(C(F)(F)F)c6)no5)ccc4c3)no2)c(C(F)(F)F)c1. The van der Waals surface area contributed by atoms with Gasteiger partial charge < -0.3 is 18.1 Å². The van der Waals surface area contributed by atoms with Crippen LogP contribution in [0.1, 0.15) is 74.9 Å². The Labute approximate surface area is 478 Å². The standard InChI is InChI=1S/C34H32N4O2.C30H15F9N4O2/c1-33(2,3)27-15-11-21(12-16-27)31-35-29(37-39-31)25-9-7-24-20-26(10-8-23(24)19-25)30-36-32(40-38-30)22-13-17-28(18-14-22)34(4,5)6;1-14-2-7-22(23(8-14)30(37,38)39)27-41-24(42-45-27)17-5-3-16-10-18(6-4-15(16)9-17)26-40-25(43-44-26)19-11-20(28(31,32)33)13-21(12-19)29(34,35)36/h7-20H,1-6H3;2-13H,1H3. The average molecular weight is 1160 g/mol. The van der Waals surface area contributed by atoms with Crippen LogP contribution in [0.2, 0.25) is 0 Å². The zero-order valence-electron chi connectivity index (χ0n) is 46.1. The lowest BCUT2D eigenvalue weighted by molar-refractivity contribution is -0.143. The quantitative estimate of drug-likeness (QED) is 0.133. The molecule has 0 atom stereocenters. The van der Waals surface area contributed by atoms with Gasteiger partial charge in [0.25, 0.3) is 23.6 Å². The van der Waals surface area contributed by atoms with E-state index in [1.807, 2.05) is 36.4 Å². The minimum absolute atomic E-state index is 0.000249. The van der Waals surface area contributed by atoms with Gasteiger partial charge in [-0.1, -0.05) is 141 Å². The van der Waals surface area contributed by atoms with Gasteiger partial charge in [-0.25, -0.2) is 0 Å². The molecule has 12 nitrogen and oxygen atoms in total. The molecule has 0 spiro atoms. The normalized spacial score (nSPS) is 12.5. The number of aromatic nitrogens is 8. The molecule has 85 heavy (non-hydrogen) atoms. The number of halogens is 9. The first-order chi connectivity index (χ1) is 40.1. The third kappa shape index (κ3) is 12.3. The lowest BCUT2D eigenvalue weighted by atomic mass is 9.87. The molecule has 4 heterocycles. The van der Waals surface area contributed by atoms with Crippen molar-refractivity contribution in [1.82, 2.24) is 40.6 Å². The molecule has 4 aromatic heterocycles. The van der Waals surface area contributed by atoms with Crippen molar-refractivity contribution in [2.45, 2.75) is 77.8 Å². The van der Waals surface area contributed by atoms with Crippen LogP contribution in [0.3, 0.4) is 0 Å². The fraction of sp³-hybridized carbons (Fsp3) is 0.188. The van der Waals surface area contributed by atoms with Gasteiger partial charge in [-0.2, -0.15) is 59.4 Å². The maximum atomic E-state index is 13.6. The van der Waals surface area contributed by atoms with E-state index in [9.17, 15) is 39.5 Å². The van der Waals surface area contributed by atoms with Gasteiger partial charge in [0.1, 0.15) is 0 Å². The van der Waals surface area contributed by atoms with Crippen LogP contribution in [-0.2, 0) is 29.4 Å². The Morgan fingerprint density at radius 3 is 1.00 bits per heavy atom. The fourth-order valence-corrected chi connectivity index (χ4v) is 9.25. The molecule has 12 aromatic rings. The molecule has 0 saturated carbocycles. The molecule has 8 aromatic carbocycles. The van der Waals surface area contributed by atoms with Gasteiger partial charge in [-0.05, 0) is 135 Å². The molecular weight excluding hydrogens is 1120 g/mol. The molecule has 0 aliphatic carbocycles. The Morgan fingerprint density at radius 2 is 0.624 bits per heavy atom. The maximum Gasteiger partial charge on any atom is 0.417 e. The van der Waals surface area contributed by atoms with Gasteiger partial charge in [-0.15, -0.1) is 0 Å². The van der Waals surface area contributed by atoms with Crippen molar-refractivity contribution in [2.24, 2.45) is 0 Å². The van der Waals surface area contributed by atoms with E-state index >= 15 is 0 Å². The number of rotatable bonds is 8. The molecule has 21 heteroatoms. The van der Waals surface area contributed by atoms with Crippen molar-refractivity contribution in [1.29, 1.82) is 0 Å². The Balaban J connectivity index is 0.000000178. The van der Waals surface area contributed by atoms with E-state index in [1.54, 1.807) is 30.3 Å². The van der Waals surface area contributed by atoms with Crippen LogP contribution in [0.25, 0.3) is 113 Å². The van der Waals surface area contributed by atoms with E-state index in [4.69, 9.17) is 18.1 Å². The first-order valence-electron chi connectivity index (χ1n) is 26.2. The highest BCUT2D eigenvalue weighted by molar-refractivity contribution is 5.91. The monoisotopic (exact) mass is 1160 g/mol. The smallest absolute Gasteiger partial charge is 0.334 e. The summed E-state index contributed by atoms with van der Waals surface area (Å²) in [4.78, 5) is 17.5. The predicted molar refractivity (Wildman–Crippen MR) is 300 cm³/mol. The van der Waals surface area contributed by atoms with E-state index in [1.165, 1.54) is 36.2 Å². The van der Waals surface area contributed by atoms with Crippen LogP contribution in [0.4, 0.5) is 39.5 Å². The number of alkyl halides is 9. The number of aryl methyl sites for hydroxylation is 1. The zero-order chi connectivity index (χ0) is 60.4. The van der Waals surface area contributed by atoms with E-state index in [2.05, 4.69) is 131 Å². The maximum absolute atomic E-state index is 13.6. The van der Waals surface area contributed by atoms with Crippen LogP contribution >= 0.6 is 0 Å². The summed E-state index contributed by atoms with van der Waals surface area (Å²) in [5, 5.41) is 19.2. The molecule has 0 radical (unpaired) electrons. The van der Waals surface area contributed by atoms with Gasteiger partial charge in [0, 0.05) is 38.9 Å². The molecule has 0 aliphatic rings. The highest BCUT2D eigenvalue weighted by Gasteiger charge is 2.38. The molecule has 0 fully saturated rings. The molecule has 0 unspecified atom stereocenters. The molecular formula is C64H47F9N8O4. The molecule has 0 saturated heterocycles. The van der Waals surface area contributed by atoms with E-state index in [0.717, 1.165) is 39.1 Å². The lowest BCUT2D eigenvalue weighted by Gasteiger charge is -2.18. The number of fused-ring (bicyclic) bond motifs is 2. The molecule has 430 valence electrons. The highest BCUT2D eigenvalue weighted by atomic mass is 19.4. The third-order valence-electron chi connectivity index (χ3n) is 14.0. The Bertz CT molecular complexity index is 4260. The van der Waals surface area contributed by atoms with Gasteiger partial charge in [-0.3, -0.25) is 0 Å². The fourth-order valence-electron chi connectivity index (χ4n) is 9.25. The Morgan fingerprint density at radius 1 is 0.294 bits per heavy atom. The van der Waals surface area contributed by atoms with Crippen molar-refractivity contribution in [3.8, 4) is 91.4 Å². The third-order valence-corrected chi connectivity index (χ3v) is 14.0. The van der Waals surface area contributed by atoms with Crippen molar-refractivity contribution in [3.63, 3.8) is 0 Å². The van der Waals surface area contributed by atoms with Gasteiger partial charge in [0.2, 0.25) is 23.3 Å². The van der Waals surface area contributed by atoms with Crippen LogP contribution < -0.4 is 0 Å². The summed E-state index contributed by atoms with van der Waals surface area (Å²) >= 11 is 0. The number of hydrogen-bond acceptors (Lipinski definition) is 12. The lowest BCUT2D eigenvalue weighted by Crippen LogP contribution is -2.11. The second-order valence-electron chi connectivity index (χ2n) is 22.2. The largest absolute Gasteiger partial charge is 0.417 e. The Hall–Kier alpha value is -9.79. The van der Waals surface area contributed by atoms with Gasteiger partial charge in [0.15, 0.2) is 0 Å². The summed E-state index contributed by atoms with van der Waals surface area (Å²) in [5.41, 5.74) is 2.68. The second-order valence-corrected chi connectivity index (χ2v) is 22.2. The summed E-state index contributed by atoms with van der Waals surface area (Å²) < 4.78 is 142. The summed E-state index contributed by atoms with van der Waals surface area (Å²) in [7, 11) is 0. The zero-order valence-corrected chi connectivity index (χ0v) is 46.1. The van der Waals surface area contributed by atoms with Crippen LogP contribution in [0.5, 0.6) is 0 Å². The van der Waals surface area contributed by atoms with Crippen molar-refractivity contribution in [3.05, 3.63) is 191 Å². The first kappa shape index (κ1) is 57.0. The van der Waals surface area contributed by atoms with Crippen LogP contribution in [-0.4, -0.2) is 40.6 Å². The summed E-state index contributed by atoms with van der Waals surface area (Å²) in [6.45, 7) is 14.7. The highest BCUT2D eigenvalue weighted by Crippen LogP contribution is 2.41. The van der Waals surface area contributed by atoms with Crippen LogP contribution in [0, 0.1) is 6.92 Å². The minimum atomic E-state index is -5.05. The number of benzene rings is 8. The van der Waals surface area contributed by atoms with Crippen molar-refractivity contribution >= 4 is 21.5 Å². The molecule has 0 N–H and O–H groups in total. The molecule has 0 amide bonds. The van der Waals surface area contributed by atoms with Crippen molar-refractivity contribution < 1.29 is 57.6 Å². The summed E-state index contributed by atoms with van der Waals surface area (Å²) in [6.07, 6.45) is -14.7.